The van der Waals surface area contributed by atoms with Crippen molar-refractivity contribution in [3.05, 3.63) is 29.3 Å². The maximum absolute atomic E-state index is 10.1. The Kier molecular flexibility index (Phi) is 5.40. The lowest BCUT2D eigenvalue weighted by Crippen LogP contribution is -2.47. The van der Waals surface area contributed by atoms with Crippen LogP contribution < -0.4 is 4.74 Å². The third-order valence-corrected chi connectivity index (χ3v) is 3.89. The van der Waals surface area contributed by atoms with Crippen LogP contribution in [0.15, 0.2) is 18.2 Å². The van der Waals surface area contributed by atoms with Crippen LogP contribution in [0.5, 0.6) is 5.75 Å². The van der Waals surface area contributed by atoms with Gasteiger partial charge in [0.05, 0.1) is 0 Å². The van der Waals surface area contributed by atoms with E-state index in [-0.39, 0.29) is 0 Å². The summed E-state index contributed by atoms with van der Waals surface area (Å²) in [4.78, 5) is 4.62. The minimum absolute atomic E-state index is 0.359. The first kappa shape index (κ1) is 15.3. The number of ether oxygens (including phenoxy) is 1. The SMILES string of the molecule is Cc1cccc(C)c1OCC(O)CN1CCN(C)CC1. The number of nitrogens with zero attached hydrogens (tertiary/aromatic N) is 2. The van der Waals surface area contributed by atoms with Crippen molar-refractivity contribution in [1.82, 2.24) is 9.80 Å². The Labute approximate surface area is 122 Å². The summed E-state index contributed by atoms with van der Waals surface area (Å²) >= 11 is 0. The van der Waals surface area contributed by atoms with Crippen LogP contribution in [0.3, 0.4) is 0 Å². The van der Waals surface area contributed by atoms with Gasteiger partial charge < -0.3 is 14.7 Å². The van der Waals surface area contributed by atoms with E-state index in [4.69, 9.17) is 4.74 Å². The van der Waals surface area contributed by atoms with Gasteiger partial charge >= 0.3 is 0 Å². The number of piperazine rings is 1. The number of benzene rings is 1. The molecule has 0 aromatic heterocycles. The summed E-state index contributed by atoms with van der Waals surface area (Å²) in [5, 5.41) is 10.1. The molecule has 0 radical (unpaired) electrons. The third kappa shape index (κ3) is 4.20. The van der Waals surface area contributed by atoms with Crippen LogP contribution in [0.4, 0.5) is 0 Å². The Morgan fingerprint density at radius 1 is 1.15 bits per heavy atom. The standard InChI is InChI=1S/C16H26N2O2/c1-13-5-4-6-14(2)16(13)20-12-15(19)11-18-9-7-17(3)8-10-18/h4-6,15,19H,7-12H2,1-3H3. The lowest BCUT2D eigenvalue weighted by molar-refractivity contribution is 0.0501. The van der Waals surface area contributed by atoms with E-state index in [1.807, 2.05) is 32.0 Å². The number of aryl methyl sites for hydroxylation is 2. The Morgan fingerprint density at radius 3 is 2.35 bits per heavy atom. The highest BCUT2D eigenvalue weighted by molar-refractivity contribution is 5.39. The molecule has 0 aliphatic carbocycles. The number of hydrogen-bond acceptors (Lipinski definition) is 4. The molecule has 1 aromatic rings. The quantitative estimate of drug-likeness (QED) is 0.880. The number of β-amino-alcohol motifs (C(OH)–C–C–N with tert-alkyl or cyclic N) is 1. The molecule has 1 aliphatic rings. The molecule has 20 heavy (non-hydrogen) atoms. The van der Waals surface area contributed by atoms with Crippen molar-refractivity contribution in [2.75, 3.05) is 46.4 Å². The summed E-state index contributed by atoms with van der Waals surface area (Å²) in [6, 6.07) is 6.10. The van der Waals surface area contributed by atoms with E-state index in [0.717, 1.165) is 43.1 Å². The average molecular weight is 278 g/mol. The number of likely N-dealkylation sites (N-methyl/N-ethyl adjacent to an activating group) is 1. The summed E-state index contributed by atoms with van der Waals surface area (Å²) in [6.07, 6.45) is -0.433. The molecular formula is C16H26N2O2. The van der Waals surface area contributed by atoms with Crippen LogP contribution in [0, 0.1) is 13.8 Å². The highest BCUT2D eigenvalue weighted by atomic mass is 16.5. The normalized spacial score (nSPS) is 19.0. The first-order valence-electron chi connectivity index (χ1n) is 7.34. The molecule has 0 amide bonds. The van der Waals surface area contributed by atoms with Crippen LogP contribution in [0.2, 0.25) is 0 Å². The lowest BCUT2D eigenvalue weighted by Gasteiger charge is -2.33. The fraction of sp³-hybridized carbons (Fsp3) is 0.625. The minimum Gasteiger partial charge on any atom is -0.490 e. The van der Waals surface area contributed by atoms with E-state index in [0.29, 0.717) is 13.2 Å². The van der Waals surface area contributed by atoms with Gasteiger partial charge in [0.15, 0.2) is 0 Å². The number of para-hydroxylation sites is 1. The van der Waals surface area contributed by atoms with Crippen LogP contribution in [0.1, 0.15) is 11.1 Å². The van der Waals surface area contributed by atoms with Gasteiger partial charge in [-0.3, -0.25) is 4.90 Å². The number of hydrogen-bond donors (Lipinski definition) is 1. The zero-order valence-corrected chi connectivity index (χ0v) is 12.8. The number of rotatable bonds is 5. The topological polar surface area (TPSA) is 35.9 Å². The molecule has 1 saturated heterocycles. The zero-order valence-electron chi connectivity index (χ0n) is 12.8. The molecule has 1 N–H and O–H groups in total. The van der Waals surface area contributed by atoms with E-state index < -0.39 is 6.10 Å². The van der Waals surface area contributed by atoms with Crippen molar-refractivity contribution in [1.29, 1.82) is 0 Å². The van der Waals surface area contributed by atoms with Crippen LogP contribution >= 0.6 is 0 Å². The predicted molar refractivity (Wildman–Crippen MR) is 81.4 cm³/mol. The van der Waals surface area contributed by atoms with Gasteiger partial charge in [0.1, 0.15) is 18.5 Å². The Hall–Kier alpha value is -1.10. The fourth-order valence-electron chi connectivity index (χ4n) is 2.59. The molecule has 1 heterocycles. The number of aliphatic hydroxyl groups excluding tert-OH is 1. The highest BCUT2D eigenvalue weighted by Gasteiger charge is 2.17. The summed E-state index contributed by atoms with van der Waals surface area (Å²) in [6.45, 7) is 9.32. The Bertz CT molecular complexity index is 408. The Balaban J connectivity index is 1.79. The molecule has 1 atom stereocenters. The minimum atomic E-state index is -0.433. The molecular weight excluding hydrogens is 252 g/mol. The first-order valence-corrected chi connectivity index (χ1v) is 7.34. The fourth-order valence-corrected chi connectivity index (χ4v) is 2.59. The molecule has 0 spiro atoms. The lowest BCUT2D eigenvalue weighted by atomic mass is 10.1. The van der Waals surface area contributed by atoms with Gasteiger partial charge in [-0.2, -0.15) is 0 Å². The zero-order chi connectivity index (χ0) is 14.5. The van der Waals surface area contributed by atoms with E-state index in [1.54, 1.807) is 0 Å². The van der Waals surface area contributed by atoms with Gasteiger partial charge in [0, 0.05) is 32.7 Å². The molecule has 1 fully saturated rings. The van der Waals surface area contributed by atoms with Gasteiger partial charge in [-0.05, 0) is 32.0 Å². The highest BCUT2D eigenvalue weighted by Crippen LogP contribution is 2.22. The van der Waals surface area contributed by atoms with Gasteiger partial charge in [-0.15, -0.1) is 0 Å². The smallest absolute Gasteiger partial charge is 0.125 e. The van der Waals surface area contributed by atoms with E-state index in [2.05, 4.69) is 16.8 Å². The van der Waals surface area contributed by atoms with Gasteiger partial charge in [-0.1, -0.05) is 18.2 Å². The number of aliphatic hydroxyl groups is 1. The van der Waals surface area contributed by atoms with E-state index >= 15 is 0 Å². The van der Waals surface area contributed by atoms with Crippen molar-refractivity contribution in [3.8, 4) is 5.75 Å². The summed E-state index contributed by atoms with van der Waals surface area (Å²) in [7, 11) is 2.14. The van der Waals surface area contributed by atoms with Crippen molar-refractivity contribution >= 4 is 0 Å². The van der Waals surface area contributed by atoms with Gasteiger partial charge in [-0.25, -0.2) is 0 Å². The second-order valence-corrected chi connectivity index (χ2v) is 5.79. The van der Waals surface area contributed by atoms with Crippen molar-refractivity contribution in [2.45, 2.75) is 20.0 Å². The molecule has 4 nitrogen and oxygen atoms in total. The van der Waals surface area contributed by atoms with Crippen LogP contribution in [-0.2, 0) is 0 Å². The first-order chi connectivity index (χ1) is 9.56. The van der Waals surface area contributed by atoms with Crippen molar-refractivity contribution in [3.63, 3.8) is 0 Å². The maximum atomic E-state index is 10.1. The van der Waals surface area contributed by atoms with Gasteiger partial charge in [0.25, 0.3) is 0 Å². The molecule has 4 heteroatoms. The average Bonchev–Trinajstić information content (AvgIpc) is 2.41. The largest absolute Gasteiger partial charge is 0.490 e. The second kappa shape index (κ2) is 7.07. The molecule has 112 valence electrons. The Morgan fingerprint density at radius 2 is 1.75 bits per heavy atom. The molecule has 1 aromatic carbocycles. The summed E-state index contributed by atoms with van der Waals surface area (Å²) in [5.74, 6) is 0.907. The summed E-state index contributed by atoms with van der Waals surface area (Å²) in [5.41, 5.74) is 2.24. The second-order valence-electron chi connectivity index (χ2n) is 5.79. The molecule has 1 aliphatic heterocycles. The monoisotopic (exact) mass is 278 g/mol. The van der Waals surface area contributed by atoms with Crippen molar-refractivity contribution in [2.24, 2.45) is 0 Å². The van der Waals surface area contributed by atoms with E-state index in [1.165, 1.54) is 0 Å². The third-order valence-electron chi connectivity index (χ3n) is 3.89. The molecule has 0 saturated carbocycles. The maximum Gasteiger partial charge on any atom is 0.125 e. The van der Waals surface area contributed by atoms with Crippen LogP contribution in [-0.4, -0.2) is 67.4 Å². The summed E-state index contributed by atoms with van der Waals surface area (Å²) < 4.78 is 5.80. The van der Waals surface area contributed by atoms with E-state index in [9.17, 15) is 5.11 Å². The molecule has 2 rings (SSSR count). The van der Waals surface area contributed by atoms with Gasteiger partial charge in [0.2, 0.25) is 0 Å². The molecule has 1 unspecified atom stereocenters. The molecule has 0 bridgehead atoms. The van der Waals surface area contributed by atoms with Crippen LogP contribution in [0.25, 0.3) is 0 Å². The van der Waals surface area contributed by atoms with Crippen molar-refractivity contribution < 1.29 is 9.84 Å². The predicted octanol–water partition coefficient (Wildman–Crippen LogP) is 1.29.